The smallest absolute Gasteiger partial charge is 0.0572 e. The van der Waals surface area contributed by atoms with Crippen LogP contribution in [0.4, 0.5) is 0 Å². The van der Waals surface area contributed by atoms with Crippen LogP contribution in [0.2, 0.25) is 0 Å². The molecule has 0 aromatic heterocycles. The summed E-state index contributed by atoms with van der Waals surface area (Å²) in [5.41, 5.74) is 2.75. The van der Waals surface area contributed by atoms with E-state index in [9.17, 15) is 0 Å². The largest absolute Gasteiger partial charge is 0.396 e. The Morgan fingerprint density at radius 3 is 2.40 bits per heavy atom. The molecule has 62 valence electrons. The van der Waals surface area contributed by atoms with E-state index in [1.165, 1.54) is 0 Å². The van der Waals surface area contributed by atoms with Crippen LogP contribution in [-0.2, 0) is 4.84 Å². The van der Waals surface area contributed by atoms with E-state index in [-0.39, 0.29) is 6.61 Å². The van der Waals surface area contributed by atoms with E-state index in [0.717, 1.165) is 6.54 Å². The molecule has 10 heavy (non-hydrogen) atoms. The van der Waals surface area contributed by atoms with Gasteiger partial charge in [-0.25, -0.2) is 5.48 Å². The summed E-state index contributed by atoms with van der Waals surface area (Å²) in [5, 5.41) is 8.74. The van der Waals surface area contributed by atoms with Gasteiger partial charge in [-0.2, -0.15) is 0 Å². The van der Waals surface area contributed by atoms with E-state index in [4.69, 9.17) is 5.11 Å². The Balaban J connectivity index is 3.31. The van der Waals surface area contributed by atoms with Gasteiger partial charge in [-0.05, 0) is 11.8 Å². The van der Waals surface area contributed by atoms with E-state index >= 15 is 0 Å². The number of nitrogens with one attached hydrogen (secondary N) is 1. The average Bonchev–Trinajstić information content (AvgIpc) is 1.98. The molecular weight excluding hydrogens is 130 g/mol. The summed E-state index contributed by atoms with van der Waals surface area (Å²) < 4.78 is 0. The van der Waals surface area contributed by atoms with Crippen LogP contribution in [-0.4, -0.2) is 25.4 Å². The van der Waals surface area contributed by atoms with Crippen LogP contribution in [0.15, 0.2) is 0 Å². The van der Waals surface area contributed by atoms with Gasteiger partial charge in [0.05, 0.1) is 7.11 Å². The molecule has 0 heterocycles. The van der Waals surface area contributed by atoms with Crippen molar-refractivity contribution >= 4 is 0 Å². The first-order chi connectivity index (χ1) is 4.72. The zero-order valence-electron chi connectivity index (χ0n) is 6.92. The summed E-state index contributed by atoms with van der Waals surface area (Å²) in [7, 11) is 1.59. The van der Waals surface area contributed by atoms with E-state index < -0.39 is 0 Å². The van der Waals surface area contributed by atoms with Crippen molar-refractivity contribution in [3.05, 3.63) is 0 Å². The third kappa shape index (κ3) is 3.82. The highest BCUT2D eigenvalue weighted by molar-refractivity contribution is 4.60. The normalized spacial score (nSPS) is 16.8. The molecule has 0 aliphatic rings. The quantitative estimate of drug-likeness (QED) is 0.553. The van der Waals surface area contributed by atoms with Gasteiger partial charge in [0.2, 0.25) is 0 Å². The fraction of sp³-hybridized carbons (Fsp3) is 1.00. The molecule has 0 fully saturated rings. The zero-order valence-corrected chi connectivity index (χ0v) is 6.92. The summed E-state index contributed by atoms with van der Waals surface area (Å²) in [5.74, 6) is 0.785. The third-order valence-corrected chi connectivity index (χ3v) is 1.81. The van der Waals surface area contributed by atoms with Crippen LogP contribution >= 0.6 is 0 Å². The summed E-state index contributed by atoms with van der Waals surface area (Å²) in [6.07, 6.45) is 0. The van der Waals surface area contributed by atoms with Crippen LogP contribution < -0.4 is 5.48 Å². The molecule has 0 saturated heterocycles. The third-order valence-electron chi connectivity index (χ3n) is 1.81. The molecule has 2 unspecified atom stereocenters. The highest BCUT2D eigenvalue weighted by Crippen LogP contribution is 2.07. The van der Waals surface area contributed by atoms with E-state index in [1.807, 2.05) is 6.92 Å². The van der Waals surface area contributed by atoms with Crippen LogP contribution in [0.5, 0.6) is 0 Å². The number of hydroxylamine groups is 1. The molecule has 2 N–H and O–H groups in total. The van der Waals surface area contributed by atoms with Crippen molar-refractivity contribution in [2.24, 2.45) is 11.8 Å². The monoisotopic (exact) mass is 147 g/mol. The van der Waals surface area contributed by atoms with Crippen LogP contribution in [0.1, 0.15) is 13.8 Å². The summed E-state index contributed by atoms with van der Waals surface area (Å²) >= 11 is 0. The highest BCUT2D eigenvalue weighted by atomic mass is 16.6. The number of rotatable bonds is 5. The molecule has 3 heteroatoms. The maximum absolute atomic E-state index is 8.74. The highest BCUT2D eigenvalue weighted by Gasteiger charge is 2.09. The Labute approximate surface area is 62.3 Å². The Morgan fingerprint density at radius 2 is 2.00 bits per heavy atom. The predicted molar refractivity (Wildman–Crippen MR) is 40.4 cm³/mol. The summed E-state index contributed by atoms with van der Waals surface area (Å²) in [6.45, 7) is 5.12. The first-order valence-electron chi connectivity index (χ1n) is 3.59. The Bertz CT molecular complexity index is 78.0. The summed E-state index contributed by atoms with van der Waals surface area (Å²) in [6, 6.07) is 0. The van der Waals surface area contributed by atoms with Crippen LogP contribution in [0.25, 0.3) is 0 Å². The van der Waals surface area contributed by atoms with Crippen molar-refractivity contribution in [3.63, 3.8) is 0 Å². The van der Waals surface area contributed by atoms with Gasteiger partial charge >= 0.3 is 0 Å². The fourth-order valence-electron chi connectivity index (χ4n) is 0.596. The second kappa shape index (κ2) is 5.65. The molecule has 0 spiro atoms. The maximum Gasteiger partial charge on any atom is 0.0572 e. The number of hydrogen-bond donors (Lipinski definition) is 2. The first-order valence-corrected chi connectivity index (χ1v) is 3.59. The predicted octanol–water partition coefficient (Wildman–Crippen LogP) is 0.402. The molecule has 0 aromatic carbocycles. The lowest BCUT2D eigenvalue weighted by Crippen LogP contribution is -2.25. The molecule has 0 amide bonds. The van der Waals surface area contributed by atoms with Gasteiger partial charge in [-0.3, -0.25) is 0 Å². The van der Waals surface area contributed by atoms with Gasteiger partial charge < -0.3 is 9.94 Å². The van der Waals surface area contributed by atoms with Gasteiger partial charge in [0.15, 0.2) is 0 Å². The van der Waals surface area contributed by atoms with E-state index in [0.29, 0.717) is 11.8 Å². The lowest BCUT2D eigenvalue weighted by molar-refractivity contribution is 0.0685. The van der Waals surface area contributed by atoms with Crippen molar-refractivity contribution in [1.82, 2.24) is 5.48 Å². The van der Waals surface area contributed by atoms with Gasteiger partial charge in [-0.15, -0.1) is 0 Å². The molecule has 0 saturated carbocycles. The second-order valence-electron chi connectivity index (χ2n) is 2.69. The number of aliphatic hydroxyl groups is 1. The molecule has 0 radical (unpaired) electrons. The fourth-order valence-corrected chi connectivity index (χ4v) is 0.596. The number of hydrogen-bond acceptors (Lipinski definition) is 3. The van der Waals surface area contributed by atoms with Crippen molar-refractivity contribution in [1.29, 1.82) is 0 Å². The minimum Gasteiger partial charge on any atom is -0.396 e. The lowest BCUT2D eigenvalue weighted by atomic mass is 9.97. The van der Waals surface area contributed by atoms with E-state index in [2.05, 4.69) is 17.2 Å². The Hall–Kier alpha value is -0.120. The number of aliphatic hydroxyl groups excluding tert-OH is 1. The van der Waals surface area contributed by atoms with Gasteiger partial charge in [0.25, 0.3) is 0 Å². The lowest BCUT2D eigenvalue weighted by Gasteiger charge is -2.16. The SMILES string of the molecule is CONCC(C)C(C)CO. The summed E-state index contributed by atoms with van der Waals surface area (Å²) in [4.78, 5) is 4.68. The second-order valence-corrected chi connectivity index (χ2v) is 2.69. The molecule has 0 bridgehead atoms. The molecule has 0 rings (SSSR count). The maximum atomic E-state index is 8.74. The first kappa shape index (κ1) is 9.88. The van der Waals surface area contributed by atoms with Gasteiger partial charge in [0, 0.05) is 13.2 Å². The molecule has 2 atom stereocenters. The van der Waals surface area contributed by atoms with Gasteiger partial charge in [-0.1, -0.05) is 13.8 Å². The molecule has 0 aliphatic carbocycles. The molecule has 0 aromatic rings. The van der Waals surface area contributed by atoms with Crippen molar-refractivity contribution in [3.8, 4) is 0 Å². The van der Waals surface area contributed by atoms with E-state index in [1.54, 1.807) is 7.11 Å². The standard InChI is InChI=1S/C7H17NO2/c1-6(4-8-10-3)7(2)5-9/h6-9H,4-5H2,1-3H3. The topological polar surface area (TPSA) is 41.5 Å². The molecule has 0 aliphatic heterocycles. The van der Waals surface area contributed by atoms with Gasteiger partial charge in [0.1, 0.15) is 0 Å². The van der Waals surface area contributed by atoms with Crippen molar-refractivity contribution < 1.29 is 9.94 Å². The molecular formula is C7H17NO2. The minimum atomic E-state index is 0.243. The van der Waals surface area contributed by atoms with Crippen LogP contribution in [0, 0.1) is 11.8 Å². The average molecular weight is 147 g/mol. The Morgan fingerprint density at radius 1 is 1.40 bits per heavy atom. The van der Waals surface area contributed by atoms with Crippen molar-refractivity contribution in [2.75, 3.05) is 20.3 Å². The minimum absolute atomic E-state index is 0.243. The van der Waals surface area contributed by atoms with Crippen molar-refractivity contribution in [2.45, 2.75) is 13.8 Å². The van der Waals surface area contributed by atoms with Crippen LogP contribution in [0.3, 0.4) is 0 Å². The molecule has 3 nitrogen and oxygen atoms in total. The Kier molecular flexibility index (Phi) is 5.58. The zero-order chi connectivity index (χ0) is 7.98.